The lowest BCUT2D eigenvalue weighted by Gasteiger charge is -2.06. The number of nitrogens with zero attached hydrogens (tertiary/aromatic N) is 2. The quantitative estimate of drug-likeness (QED) is 0.915. The highest BCUT2D eigenvalue weighted by Gasteiger charge is 2.16. The summed E-state index contributed by atoms with van der Waals surface area (Å²) in [5, 5.41) is 3.50. The van der Waals surface area contributed by atoms with E-state index in [9.17, 15) is 0 Å². The lowest BCUT2D eigenvalue weighted by Crippen LogP contribution is -2.23. The largest absolute Gasteiger partial charge is 0.314 e. The number of imidazole rings is 1. The summed E-state index contributed by atoms with van der Waals surface area (Å²) in [6, 6.07) is 4.67. The van der Waals surface area contributed by atoms with Crippen molar-refractivity contribution in [1.29, 1.82) is 0 Å². The number of nitrogens with one attached hydrogen (secondary N) is 1. The van der Waals surface area contributed by atoms with Gasteiger partial charge in [-0.3, -0.25) is 0 Å². The van der Waals surface area contributed by atoms with Gasteiger partial charge in [0.15, 0.2) is 5.65 Å². The van der Waals surface area contributed by atoms with Crippen LogP contribution in [0.4, 0.5) is 0 Å². The number of aromatic nitrogens is 2. The average molecular weight is 280 g/mol. The Kier molecular flexibility index (Phi) is 2.69. The van der Waals surface area contributed by atoms with Gasteiger partial charge < -0.3 is 9.72 Å². The molecular weight excluding hydrogens is 266 g/mol. The van der Waals surface area contributed by atoms with Gasteiger partial charge in [-0.2, -0.15) is 0 Å². The van der Waals surface area contributed by atoms with Crippen molar-refractivity contribution in [2.75, 3.05) is 6.54 Å². The van der Waals surface area contributed by atoms with Gasteiger partial charge in [-0.15, -0.1) is 0 Å². The summed E-state index contributed by atoms with van der Waals surface area (Å²) in [5.41, 5.74) is 2.18. The lowest BCUT2D eigenvalue weighted by molar-refractivity contribution is 0.597. The van der Waals surface area contributed by atoms with Crippen LogP contribution in [0, 0.1) is 0 Å². The Hall–Kier alpha value is -0.870. The van der Waals surface area contributed by atoms with Crippen molar-refractivity contribution in [1.82, 2.24) is 14.7 Å². The molecule has 84 valence electrons. The summed E-state index contributed by atoms with van der Waals surface area (Å²) in [5.74, 6) is 0. The molecule has 0 radical (unpaired) electrons. The molecule has 3 heterocycles. The van der Waals surface area contributed by atoms with Crippen molar-refractivity contribution in [3.05, 3.63) is 34.7 Å². The molecule has 2 aromatic heterocycles. The first-order valence-corrected chi connectivity index (χ1v) is 6.48. The molecule has 1 aliphatic rings. The first-order valence-electron chi connectivity index (χ1n) is 5.68. The maximum Gasteiger partial charge on any atom is 0.151 e. The van der Waals surface area contributed by atoms with Crippen LogP contribution >= 0.6 is 15.9 Å². The summed E-state index contributed by atoms with van der Waals surface area (Å²) in [6.45, 7) is 1.15. The normalized spacial score (nSPS) is 20.7. The van der Waals surface area contributed by atoms with Crippen LogP contribution in [0.5, 0.6) is 0 Å². The molecule has 1 atom stereocenters. The molecule has 3 rings (SSSR count). The van der Waals surface area contributed by atoms with Crippen LogP contribution in [-0.2, 0) is 6.42 Å². The minimum absolute atomic E-state index is 0.615. The van der Waals surface area contributed by atoms with E-state index >= 15 is 0 Å². The van der Waals surface area contributed by atoms with Crippen LogP contribution in [-0.4, -0.2) is 22.0 Å². The Morgan fingerprint density at radius 2 is 2.50 bits per heavy atom. The van der Waals surface area contributed by atoms with Crippen molar-refractivity contribution in [2.24, 2.45) is 0 Å². The van der Waals surface area contributed by atoms with Gasteiger partial charge in [-0.25, -0.2) is 4.98 Å². The van der Waals surface area contributed by atoms with Crippen molar-refractivity contribution in [3.63, 3.8) is 0 Å². The minimum atomic E-state index is 0.615. The third kappa shape index (κ3) is 1.87. The standard InChI is InChI=1S/C12H14BrN3/c13-11-4-2-6-16-8-10(15-12(11)16)7-9-3-1-5-14-9/h2,4,6,8-9,14H,1,3,5,7H2. The second-order valence-electron chi connectivity index (χ2n) is 4.32. The van der Waals surface area contributed by atoms with Gasteiger partial charge in [0.25, 0.3) is 0 Å². The second-order valence-corrected chi connectivity index (χ2v) is 5.17. The number of rotatable bonds is 2. The molecule has 0 aromatic carbocycles. The zero-order valence-electron chi connectivity index (χ0n) is 8.99. The van der Waals surface area contributed by atoms with Crippen molar-refractivity contribution in [2.45, 2.75) is 25.3 Å². The highest BCUT2D eigenvalue weighted by Crippen LogP contribution is 2.18. The van der Waals surface area contributed by atoms with Crippen molar-refractivity contribution >= 4 is 21.6 Å². The fourth-order valence-electron chi connectivity index (χ4n) is 2.31. The van der Waals surface area contributed by atoms with Crippen LogP contribution in [0.2, 0.25) is 0 Å². The van der Waals surface area contributed by atoms with Gasteiger partial charge in [0.2, 0.25) is 0 Å². The summed E-state index contributed by atoms with van der Waals surface area (Å²) in [4.78, 5) is 4.65. The minimum Gasteiger partial charge on any atom is -0.314 e. The third-order valence-corrected chi connectivity index (χ3v) is 3.72. The van der Waals surface area contributed by atoms with E-state index in [4.69, 9.17) is 0 Å². The molecule has 0 amide bonds. The molecule has 0 aliphatic carbocycles. The Balaban J connectivity index is 1.90. The Morgan fingerprint density at radius 3 is 3.25 bits per heavy atom. The smallest absolute Gasteiger partial charge is 0.151 e. The SMILES string of the molecule is Brc1cccn2cc(CC3CCCN3)nc12. The van der Waals surface area contributed by atoms with Gasteiger partial charge in [0.1, 0.15) is 0 Å². The van der Waals surface area contributed by atoms with E-state index in [1.54, 1.807) is 0 Å². The average Bonchev–Trinajstić information content (AvgIpc) is 2.88. The van der Waals surface area contributed by atoms with Gasteiger partial charge >= 0.3 is 0 Å². The molecule has 1 saturated heterocycles. The molecular formula is C12H14BrN3. The maximum atomic E-state index is 4.65. The highest BCUT2D eigenvalue weighted by atomic mass is 79.9. The molecule has 1 fully saturated rings. The number of hydrogen-bond acceptors (Lipinski definition) is 2. The number of pyridine rings is 1. The topological polar surface area (TPSA) is 29.3 Å². The van der Waals surface area contributed by atoms with Crippen LogP contribution in [0.15, 0.2) is 29.0 Å². The van der Waals surface area contributed by atoms with E-state index in [2.05, 4.69) is 36.8 Å². The summed E-state index contributed by atoms with van der Waals surface area (Å²) >= 11 is 3.52. The zero-order chi connectivity index (χ0) is 11.0. The van der Waals surface area contributed by atoms with Crippen LogP contribution < -0.4 is 5.32 Å². The predicted molar refractivity (Wildman–Crippen MR) is 67.6 cm³/mol. The Labute approximate surface area is 103 Å². The van der Waals surface area contributed by atoms with Gasteiger partial charge in [-0.05, 0) is 47.4 Å². The monoisotopic (exact) mass is 279 g/mol. The molecule has 4 heteroatoms. The van der Waals surface area contributed by atoms with Gasteiger partial charge in [0.05, 0.1) is 10.2 Å². The van der Waals surface area contributed by atoms with E-state index in [0.717, 1.165) is 23.1 Å². The molecule has 3 nitrogen and oxygen atoms in total. The third-order valence-electron chi connectivity index (χ3n) is 3.10. The van der Waals surface area contributed by atoms with Crippen LogP contribution in [0.3, 0.4) is 0 Å². The second kappa shape index (κ2) is 4.18. The summed E-state index contributed by atoms with van der Waals surface area (Å²) < 4.78 is 3.13. The Bertz CT molecular complexity index is 500. The first-order chi connectivity index (χ1) is 7.83. The van der Waals surface area contributed by atoms with Gasteiger partial charge in [-0.1, -0.05) is 0 Å². The zero-order valence-corrected chi connectivity index (χ0v) is 10.6. The molecule has 2 aromatic rings. The predicted octanol–water partition coefficient (Wildman–Crippen LogP) is 2.39. The van der Waals surface area contributed by atoms with Crippen molar-refractivity contribution < 1.29 is 0 Å². The van der Waals surface area contributed by atoms with E-state index in [1.165, 1.54) is 18.5 Å². The van der Waals surface area contributed by atoms with E-state index in [1.807, 2.05) is 18.3 Å². The highest BCUT2D eigenvalue weighted by molar-refractivity contribution is 9.10. The number of hydrogen-bond donors (Lipinski definition) is 1. The first kappa shape index (κ1) is 10.3. The number of halogens is 1. The molecule has 1 aliphatic heterocycles. The molecule has 1 N–H and O–H groups in total. The van der Waals surface area contributed by atoms with E-state index in [0.29, 0.717) is 6.04 Å². The molecule has 0 saturated carbocycles. The molecule has 16 heavy (non-hydrogen) atoms. The molecule has 0 spiro atoms. The fourth-order valence-corrected chi connectivity index (χ4v) is 2.76. The number of fused-ring (bicyclic) bond motifs is 1. The van der Waals surface area contributed by atoms with E-state index < -0.39 is 0 Å². The summed E-state index contributed by atoms with van der Waals surface area (Å²) in [6.07, 6.45) is 7.77. The molecule has 1 unspecified atom stereocenters. The molecule has 0 bridgehead atoms. The Morgan fingerprint density at radius 1 is 1.56 bits per heavy atom. The van der Waals surface area contributed by atoms with Crippen LogP contribution in [0.25, 0.3) is 5.65 Å². The fraction of sp³-hybridized carbons (Fsp3) is 0.417. The van der Waals surface area contributed by atoms with E-state index in [-0.39, 0.29) is 0 Å². The summed E-state index contributed by atoms with van der Waals surface area (Å²) in [7, 11) is 0. The van der Waals surface area contributed by atoms with Gasteiger partial charge in [0, 0.05) is 24.9 Å². The maximum absolute atomic E-state index is 4.65. The lowest BCUT2D eigenvalue weighted by atomic mass is 10.1. The van der Waals surface area contributed by atoms with Crippen molar-refractivity contribution in [3.8, 4) is 0 Å². The van der Waals surface area contributed by atoms with Crippen LogP contribution in [0.1, 0.15) is 18.5 Å².